The summed E-state index contributed by atoms with van der Waals surface area (Å²) in [6.07, 6.45) is 1.93. The van der Waals surface area contributed by atoms with Gasteiger partial charge in [-0.3, -0.25) is 0 Å². The molecule has 0 N–H and O–H groups in total. The van der Waals surface area contributed by atoms with Crippen LogP contribution in [0.25, 0.3) is 0 Å². The number of hydrogen-bond acceptors (Lipinski definition) is 4. The third kappa shape index (κ3) is 3.88. The fourth-order valence-corrected chi connectivity index (χ4v) is 5.81. The smallest absolute Gasteiger partial charge is 0.338 e. The Balaban J connectivity index is 1.68. The lowest BCUT2D eigenvalue weighted by Crippen LogP contribution is -2.65. The molecule has 0 amide bonds. The van der Waals surface area contributed by atoms with Crippen molar-refractivity contribution in [2.45, 2.75) is 59.2 Å². The molecule has 164 valence electrons. The van der Waals surface area contributed by atoms with Crippen molar-refractivity contribution in [3.05, 3.63) is 71.8 Å². The lowest BCUT2D eigenvalue weighted by atomic mass is 9.46. The van der Waals surface area contributed by atoms with Crippen molar-refractivity contribution in [1.82, 2.24) is 0 Å². The molecule has 4 nitrogen and oxygen atoms in total. The molecule has 31 heavy (non-hydrogen) atoms. The molecular formula is C27H32O4. The number of hydrogen-bond donors (Lipinski definition) is 0. The third-order valence-corrected chi connectivity index (χ3v) is 7.67. The van der Waals surface area contributed by atoms with Gasteiger partial charge >= 0.3 is 11.9 Å². The number of esters is 2. The summed E-state index contributed by atoms with van der Waals surface area (Å²) in [6.45, 7) is 8.87. The highest BCUT2D eigenvalue weighted by atomic mass is 16.6. The maximum atomic E-state index is 13.1. The van der Waals surface area contributed by atoms with Crippen LogP contribution in [0.1, 0.15) is 67.7 Å². The van der Waals surface area contributed by atoms with E-state index in [4.69, 9.17) is 9.47 Å². The van der Waals surface area contributed by atoms with E-state index in [1.165, 1.54) is 0 Å². The van der Waals surface area contributed by atoms with E-state index in [1.54, 1.807) is 24.3 Å². The molecule has 2 aromatic rings. The Labute approximate surface area is 185 Å². The van der Waals surface area contributed by atoms with E-state index in [1.807, 2.05) is 36.4 Å². The fraction of sp³-hybridized carbons (Fsp3) is 0.481. The van der Waals surface area contributed by atoms with Crippen molar-refractivity contribution >= 4 is 11.9 Å². The Morgan fingerprint density at radius 2 is 1.29 bits per heavy atom. The zero-order valence-electron chi connectivity index (χ0n) is 18.8. The predicted octanol–water partition coefficient (Wildman–Crippen LogP) is 5.92. The highest BCUT2D eigenvalue weighted by Crippen LogP contribution is 2.63. The highest BCUT2D eigenvalue weighted by molar-refractivity contribution is 5.90. The van der Waals surface area contributed by atoms with Gasteiger partial charge < -0.3 is 9.47 Å². The molecule has 5 unspecified atom stereocenters. The number of fused-ring (bicyclic) bond motifs is 3. The molecule has 0 spiro atoms. The van der Waals surface area contributed by atoms with Gasteiger partial charge in [-0.1, -0.05) is 64.1 Å². The van der Waals surface area contributed by atoms with Crippen molar-refractivity contribution in [3.8, 4) is 0 Å². The number of carbonyl (C=O) groups excluding carboxylic acids is 2. The summed E-state index contributed by atoms with van der Waals surface area (Å²) < 4.78 is 12.3. The molecule has 0 saturated heterocycles. The number of rotatable bonds is 5. The van der Waals surface area contributed by atoms with Gasteiger partial charge in [0, 0.05) is 10.8 Å². The Bertz CT molecular complexity index is 938. The minimum atomic E-state index is -0.479. The van der Waals surface area contributed by atoms with Crippen LogP contribution in [0.5, 0.6) is 0 Å². The molecule has 3 fully saturated rings. The summed E-state index contributed by atoms with van der Waals surface area (Å²) in [5.41, 5.74) is 0.578. The Kier molecular flexibility index (Phi) is 5.67. The zero-order valence-corrected chi connectivity index (χ0v) is 18.8. The molecule has 3 aliphatic rings. The first kappa shape index (κ1) is 21.6. The summed E-state index contributed by atoms with van der Waals surface area (Å²) in [5, 5.41) is 0. The van der Waals surface area contributed by atoms with Gasteiger partial charge in [-0.05, 0) is 55.4 Å². The molecule has 5 rings (SSSR count). The molecule has 2 bridgehead atoms. The minimum absolute atomic E-state index is 0.223. The van der Waals surface area contributed by atoms with Crippen LogP contribution >= 0.6 is 0 Å². The summed E-state index contributed by atoms with van der Waals surface area (Å²) >= 11 is 0. The Hall–Kier alpha value is -2.62. The van der Waals surface area contributed by atoms with Crippen LogP contribution in [-0.2, 0) is 9.47 Å². The fourth-order valence-electron chi connectivity index (χ4n) is 5.81. The van der Waals surface area contributed by atoms with E-state index in [0.717, 1.165) is 19.3 Å². The van der Waals surface area contributed by atoms with Crippen molar-refractivity contribution < 1.29 is 19.1 Å². The maximum Gasteiger partial charge on any atom is 0.338 e. The van der Waals surface area contributed by atoms with Gasteiger partial charge in [0.1, 0.15) is 12.2 Å². The summed E-state index contributed by atoms with van der Waals surface area (Å²) in [4.78, 5) is 26.0. The van der Waals surface area contributed by atoms with E-state index in [0.29, 0.717) is 23.0 Å². The lowest BCUT2D eigenvalue weighted by Gasteiger charge is -2.62. The largest absolute Gasteiger partial charge is 0.454 e. The third-order valence-electron chi connectivity index (χ3n) is 7.67. The van der Waals surface area contributed by atoms with Crippen LogP contribution in [0.4, 0.5) is 0 Å². The first-order chi connectivity index (χ1) is 14.7. The number of ether oxygens (including phenoxy) is 2. The van der Waals surface area contributed by atoms with E-state index in [-0.39, 0.29) is 22.8 Å². The van der Waals surface area contributed by atoms with Crippen LogP contribution in [-0.4, -0.2) is 24.1 Å². The molecule has 5 atom stereocenters. The number of carbonyl (C=O) groups is 2. The molecule has 2 aromatic carbocycles. The molecule has 3 saturated carbocycles. The van der Waals surface area contributed by atoms with Gasteiger partial charge in [-0.25, -0.2) is 9.59 Å². The van der Waals surface area contributed by atoms with Crippen LogP contribution in [0, 0.1) is 22.7 Å². The monoisotopic (exact) mass is 420 g/mol. The van der Waals surface area contributed by atoms with E-state index >= 15 is 0 Å². The molecule has 0 aromatic heterocycles. The van der Waals surface area contributed by atoms with Gasteiger partial charge in [0.05, 0.1) is 11.1 Å². The zero-order chi connectivity index (χ0) is 22.2. The Morgan fingerprint density at radius 1 is 0.806 bits per heavy atom. The van der Waals surface area contributed by atoms with Gasteiger partial charge in [0.2, 0.25) is 0 Å². The van der Waals surface area contributed by atoms with Crippen LogP contribution in [0.2, 0.25) is 0 Å². The molecule has 4 heteroatoms. The first-order valence-electron chi connectivity index (χ1n) is 11.3. The predicted molar refractivity (Wildman–Crippen MR) is 120 cm³/mol. The summed E-state index contributed by atoms with van der Waals surface area (Å²) in [5.74, 6) is 0.135. The van der Waals surface area contributed by atoms with Crippen molar-refractivity contribution in [2.24, 2.45) is 22.7 Å². The van der Waals surface area contributed by atoms with Gasteiger partial charge in [0.25, 0.3) is 0 Å². The second-order valence-electron chi connectivity index (χ2n) is 10.1. The van der Waals surface area contributed by atoms with Crippen molar-refractivity contribution in [3.63, 3.8) is 0 Å². The number of benzene rings is 2. The second-order valence-corrected chi connectivity index (χ2v) is 10.1. The van der Waals surface area contributed by atoms with E-state index < -0.39 is 12.2 Å². The van der Waals surface area contributed by atoms with E-state index in [9.17, 15) is 9.59 Å². The van der Waals surface area contributed by atoms with Crippen molar-refractivity contribution in [2.75, 3.05) is 0 Å². The quantitative estimate of drug-likeness (QED) is 0.564. The van der Waals surface area contributed by atoms with Crippen LogP contribution in [0.15, 0.2) is 60.7 Å². The average Bonchev–Trinajstić information content (AvgIpc) is 2.77. The Morgan fingerprint density at radius 3 is 1.77 bits per heavy atom. The second kappa shape index (κ2) is 8.14. The van der Waals surface area contributed by atoms with E-state index in [2.05, 4.69) is 27.7 Å². The maximum absolute atomic E-state index is 13.1. The van der Waals surface area contributed by atoms with Crippen LogP contribution in [0.3, 0.4) is 0 Å². The molecule has 0 aliphatic heterocycles. The summed E-state index contributed by atoms with van der Waals surface area (Å²) in [6, 6.07) is 18.1. The highest BCUT2D eigenvalue weighted by Gasteiger charge is 2.64. The van der Waals surface area contributed by atoms with Crippen molar-refractivity contribution in [1.29, 1.82) is 0 Å². The average molecular weight is 421 g/mol. The molecular weight excluding hydrogens is 388 g/mol. The molecule has 0 radical (unpaired) electrons. The lowest BCUT2D eigenvalue weighted by molar-refractivity contribution is -0.223. The normalized spacial score (nSPS) is 32.0. The first-order valence-corrected chi connectivity index (χ1v) is 11.3. The van der Waals surface area contributed by atoms with Crippen LogP contribution < -0.4 is 0 Å². The molecule has 3 aliphatic carbocycles. The topological polar surface area (TPSA) is 52.6 Å². The van der Waals surface area contributed by atoms with Gasteiger partial charge in [0.15, 0.2) is 0 Å². The summed E-state index contributed by atoms with van der Waals surface area (Å²) in [7, 11) is 0. The SMILES string of the molecule is CC(C)C1CC2(C)CCC1(C)C(OC(=O)c1ccccc1)C2OC(=O)c1ccccc1. The minimum Gasteiger partial charge on any atom is -0.454 e. The van der Waals surface area contributed by atoms with Gasteiger partial charge in [-0.15, -0.1) is 0 Å². The standard InChI is InChI=1S/C27H32O4/c1-18(2)21-17-26(3)15-16-27(21,4)23(31-25(29)20-13-9-6-10-14-20)22(26)30-24(28)19-11-7-5-8-12-19/h5-14,18,21-23H,15-17H2,1-4H3. The van der Waals surface area contributed by atoms with Gasteiger partial charge in [-0.2, -0.15) is 0 Å². The molecule has 0 heterocycles.